The predicted molar refractivity (Wildman–Crippen MR) is 260 cm³/mol. The van der Waals surface area contributed by atoms with Crippen molar-refractivity contribution in [2.45, 2.75) is 20.4 Å². The molecule has 16 heteroatoms. The van der Waals surface area contributed by atoms with Crippen LogP contribution in [0.5, 0.6) is 0 Å². The van der Waals surface area contributed by atoms with Gasteiger partial charge in [0.05, 0.1) is 58.6 Å². The van der Waals surface area contributed by atoms with E-state index >= 15 is 0 Å². The molecule has 0 radical (unpaired) electrons. The second-order valence-corrected chi connectivity index (χ2v) is 23.2. The average molecular weight is 908 g/mol. The van der Waals surface area contributed by atoms with E-state index in [4.69, 9.17) is 17.5 Å². The van der Waals surface area contributed by atoms with E-state index in [-0.39, 0.29) is 0 Å². The lowest BCUT2D eigenvalue weighted by molar-refractivity contribution is 0.546. The van der Waals surface area contributed by atoms with E-state index in [2.05, 4.69) is 103 Å². The van der Waals surface area contributed by atoms with Gasteiger partial charge in [-0.3, -0.25) is 0 Å². The molecule has 0 amide bonds. The Hall–Kier alpha value is -3.84. The summed E-state index contributed by atoms with van der Waals surface area (Å²) in [6.07, 6.45) is 0. The Bertz CT molecular complexity index is 3470. The number of anilines is 2. The van der Waals surface area contributed by atoms with Gasteiger partial charge in [0.15, 0.2) is 0 Å². The molecule has 0 unspecified atom stereocenters. The Kier molecular flexibility index (Phi) is 8.06. The maximum atomic E-state index is 4.88. The third kappa shape index (κ3) is 5.38. The van der Waals surface area contributed by atoms with Crippen molar-refractivity contribution in [2.75, 3.05) is 31.4 Å². The SMILES string of the molecule is CNc1cc2sc(-c3ccc(-c4cc5c(s4)c4sc6cc(-c7ccc(-c8cc9sc(N(C)C)cc9s8)c8nsnc78)sc6c4n5CC(C)C)c4nsnc34)cc2s1. The van der Waals surface area contributed by atoms with Crippen LogP contribution in [-0.4, -0.2) is 43.2 Å². The van der Waals surface area contributed by atoms with Crippen LogP contribution < -0.4 is 10.2 Å². The van der Waals surface area contributed by atoms with Crippen LogP contribution >= 0.6 is 103 Å². The number of hydrogen-bond acceptors (Lipinski definition) is 15. The topological polar surface area (TPSA) is 71.8 Å². The first-order chi connectivity index (χ1) is 27.8. The van der Waals surface area contributed by atoms with E-state index in [1.165, 1.54) is 107 Å². The molecular weight excluding hydrogens is 879 g/mol. The number of aromatic nitrogens is 5. The Labute approximate surface area is 362 Å². The summed E-state index contributed by atoms with van der Waals surface area (Å²) >= 11 is 15.6. The molecular formula is C41H29N7S9. The van der Waals surface area contributed by atoms with E-state index in [1.54, 1.807) is 11.3 Å². The van der Waals surface area contributed by atoms with Crippen molar-refractivity contribution < 1.29 is 0 Å². The number of benzene rings is 2. The molecule has 282 valence electrons. The Balaban J connectivity index is 0.945. The number of nitrogens with one attached hydrogen (secondary N) is 1. The molecule has 10 heterocycles. The molecule has 12 rings (SSSR count). The van der Waals surface area contributed by atoms with Crippen LogP contribution in [0.4, 0.5) is 10.0 Å². The molecule has 2 aromatic carbocycles. The van der Waals surface area contributed by atoms with E-state index in [9.17, 15) is 0 Å². The van der Waals surface area contributed by atoms with Crippen molar-refractivity contribution in [3.8, 4) is 41.8 Å². The highest BCUT2D eigenvalue weighted by Crippen LogP contribution is 2.52. The van der Waals surface area contributed by atoms with E-state index in [0.717, 1.165) is 45.3 Å². The molecule has 0 saturated heterocycles. The van der Waals surface area contributed by atoms with Crippen LogP contribution in [0.3, 0.4) is 0 Å². The minimum Gasteiger partial charge on any atom is -0.380 e. The highest BCUT2D eigenvalue weighted by Gasteiger charge is 2.25. The standard InChI is InChI=1S/C41H29N7S9/c1-17(2)16-48-22-10-23(18-6-7-19(35-34(18)43-56-44-35)24-11-27-29(49-24)14-32(42-3)51-27)53-39(22)41-38(48)40-31(55-41)13-26(54-40)21-9-8-20(36-37(21)46-57-45-36)25-12-28-30(50-25)15-33(52-28)47(4)5/h6-15,17,42H,16H2,1-5H3. The first-order valence-electron chi connectivity index (χ1n) is 18.2. The minimum absolute atomic E-state index is 0.495. The number of fused-ring (bicyclic) bond motifs is 9. The Morgan fingerprint density at radius 1 is 0.561 bits per heavy atom. The second-order valence-electron chi connectivity index (χ2n) is 14.7. The van der Waals surface area contributed by atoms with Crippen molar-refractivity contribution in [3.05, 3.63) is 60.7 Å². The van der Waals surface area contributed by atoms with Crippen molar-refractivity contribution >= 4 is 184 Å². The lowest BCUT2D eigenvalue weighted by Gasteiger charge is -2.09. The molecule has 0 spiro atoms. The van der Waals surface area contributed by atoms with Gasteiger partial charge in [0.25, 0.3) is 0 Å². The molecule has 0 aliphatic heterocycles. The Morgan fingerprint density at radius 2 is 1.07 bits per heavy atom. The maximum Gasteiger partial charge on any atom is 0.114 e. The molecule has 10 aromatic heterocycles. The fourth-order valence-corrected chi connectivity index (χ4v) is 17.5. The first-order valence-corrected chi connectivity index (χ1v) is 25.4. The molecule has 0 aliphatic rings. The highest BCUT2D eigenvalue weighted by molar-refractivity contribution is 7.37. The number of thiophene rings is 7. The highest BCUT2D eigenvalue weighted by atomic mass is 32.1. The summed E-state index contributed by atoms with van der Waals surface area (Å²) < 4.78 is 32.7. The van der Waals surface area contributed by atoms with Gasteiger partial charge in [0, 0.05) is 92.9 Å². The van der Waals surface area contributed by atoms with Crippen LogP contribution in [0.25, 0.3) is 112 Å². The third-order valence-electron chi connectivity index (χ3n) is 10.3. The summed E-state index contributed by atoms with van der Waals surface area (Å²) in [6, 6.07) is 23.0. The monoisotopic (exact) mass is 907 g/mol. The number of nitrogens with zero attached hydrogens (tertiary/aromatic N) is 6. The fraction of sp³-hybridized carbons (Fsp3) is 0.171. The van der Waals surface area contributed by atoms with Crippen molar-refractivity contribution in [3.63, 3.8) is 0 Å². The van der Waals surface area contributed by atoms with E-state index in [0.29, 0.717) is 5.92 Å². The molecule has 0 fully saturated rings. The van der Waals surface area contributed by atoms with Gasteiger partial charge < -0.3 is 14.8 Å². The summed E-state index contributed by atoms with van der Waals surface area (Å²) in [6.45, 7) is 5.59. The van der Waals surface area contributed by atoms with Gasteiger partial charge in [0.2, 0.25) is 0 Å². The summed E-state index contributed by atoms with van der Waals surface area (Å²) in [5.41, 5.74) is 11.3. The normalized spacial score (nSPS) is 12.5. The third-order valence-corrected chi connectivity index (χ3v) is 20.0. The first kappa shape index (κ1) is 35.1. The van der Waals surface area contributed by atoms with Gasteiger partial charge in [0.1, 0.15) is 22.1 Å². The van der Waals surface area contributed by atoms with Crippen molar-refractivity contribution in [1.82, 2.24) is 22.1 Å². The van der Waals surface area contributed by atoms with Crippen LogP contribution in [0.1, 0.15) is 13.8 Å². The zero-order chi connectivity index (χ0) is 38.3. The molecule has 1 N–H and O–H groups in total. The molecule has 0 bridgehead atoms. The Morgan fingerprint density at radius 3 is 1.61 bits per heavy atom. The molecule has 0 saturated carbocycles. The second kappa shape index (κ2) is 13.1. The minimum atomic E-state index is 0.495. The lowest BCUT2D eigenvalue weighted by atomic mass is 10.1. The maximum absolute atomic E-state index is 4.88. The van der Waals surface area contributed by atoms with Gasteiger partial charge in [-0.05, 0) is 42.3 Å². The van der Waals surface area contributed by atoms with Crippen LogP contribution in [-0.2, 0) is 6.54 Å². The van der Waals surface area contributed by atoms with Gasteiger partial charge in [-0.15, -0.1) is 79.4 Å². The summed E-state index contributed by atoms with van der Waals surface area (Å²) in [5.74, 6) is 0.495. The van der Waals surface area contributed by atoms with Gasteiger partial charge in [-0.1, -0.05) is 38.1 Å². The largest absolute Gasteiger partial charge is 0.380 e. The number of hydrogen-bond donors (Lipinski definition) is 1. The average Bonchev–Trinajstić information content (AvgIpc) is 4.02. The smallest absolute Gasteiger partial charge is 0.114 e. The van der Waals surface area contributed by atoms with Gasteiger partial charge >= 0.3 is 0 Å². The number of rotatable bonds is 8. The zero-order valence-corrected chi connectivity index (χ0v) is 38.3. The van der Waals surface area contributed by atoms with Crippen LogP contribution in [0.15, 0.2) is 60.7 Å². The summed E-state index contributed by atoms with van der Waals surface area (Å²) in [7, 11) is 6.18. The molecule has 57 heavy (non-hydrogen) atoms. The molecule has 0 atom stereocenters. The predicted octanol–water partition coefficient (Wildman–Crippen LogP) is 15.1. The van der Waals surface area contributed by atoms with Crippen molar-refractivity contribution in [1.29, 1.82) is 0 Å². The molecule has 0 aliphatic carbocycles. The van der Waals surface area contributed by atoms with Gasteiger partial charge in [-0.2, -0.15) is 17.5 Å². The quantitative estimate of drug-likeness (QED) is 0.164. The van der Waals surface area contributed by atoms with E-state index < -0.39 is 0 Å². The van der Waals surface area contributed by atoms with Gasteiger partial charge in [-0.25, -0.2) is 0 Å². The summed E-state index contributed by atoms with van der Waals surface area (Å²) in [4.78, 5) is 7.16. The van der Waals surface area contributed by atoms with Crippen LogP contribution in [0, 0.1) is 5.92 Å². The molecule has 12 aromatic rings. The fourth-order valence-electron chi connectivity index (χ4n) is 7.76. The lowest BCUT2D eigenvalue weighted by Crippen LogP contribution is -2.05. The van der Waals surface area contributed by atoms with E-state index in [1.807, 2.05) is 75.1 Å². The molecule has 7 nitrogen and oxygen atoms in total. The summed E-state index contributed by atoms with van der Waals surface area (Å²) in [5, 5.41) is 5.75. The van der Waals surface area contributed by atoms with Crippen LogP contribution in [0.2, 0.25) is 0 Å². The zero-order valence-electron chi connectivity index (χ0n) is 30.9. The van der Waals surface area contributed by atoms with Crippen molar-refractivity contribution in [2.24, 2.45) is 5.92 Å².